The van der Waals surface area contributed by atoms with E-state index in [1.165, 1.54) is 12.1 Å². The summed E-state index contributed by atoms with van der Waals surface area (Å²) in [6.07, 6.45) is 2.30. The Morgan fingerprint density at radius 1 is 1.32 bits per heavy atom. The molecule has 1 aliphatic rings. The van der Waals surface area contributed by atoms with Gasteiger partial charge in [-0.2, -0.15) is 8.78 Å². The molecule has 1 N–H and O–H groups in total. The number of nitrogens with zero attached hydrogens (tertiary/aromatic N) is 1. The number of nitrogens with one attached hydrogen (secondary N) is 1. The van der Waals surface area contributed by atoms with Gasteiger partial charge in [-0.25, -0.2) is 0 Å². The minimum absolute atomic E-state index is 0.0864. The molecule has 0 saturated carbocycles. The molecule has 1 unspecified atom stereocenters. The third kappa shape index (κ3) is 4.25. The summed E-state index contributed by atoms with van der Waals surface area (Å²) in [6, 6.07) is 8.02. The molecule has 2 rings (SSSR count). The third-order valence-corrected chi connectivity index (χ3v) is 3.70. The number of halogens is 2. The second kappa shape index (κ2) is 6.44. The van der Waals surface area contributed by atoms with Crippen LogP contribution in [0.15, 0.2) is 30.3 Å². The predicted molar refractivity (Wildman–Crippen MR) is 73.4 cm³/mol. The zero-order valence-corrected chi connectivity index (χ0v) is 11.4. The first kappa shape index (κ1) is 14.4. The van der Waals surface area contributed by atoms with Crippen molar-refractivity contribution in [2.75, 3.05) is 33.2 Å². The van der Waals surface area contributed by atoms with E-state index >= 15 is 0 Å². The summed E-state index contributed by atoms with van der Waals surface area (Å²) in [5.41, 5.74) is 0.0864. The van der Waals surface area contributed by atoms with Gasteiger partial charge < -0.3 is 10.2 Å². The van der Waals surface area contributed by atoms with Gasteiger partial charge in [-0.3, -0.25) is 0 Å². The van der Waals surface area contributed by atoms with Crippen LogP contribution in [0.4, 0.5) is 8.78 Å². The summed E-state index contributed by atoms with van der Waals surface area (Å²) in [5.74, 6) is -2.30. The van der Waals surface area contributed by atoms with E-state index in [1.54, 1.807) is 18.2 Å². The Bertz CT molecular complexity index is 381. The zero-order chi connectivity index (χ0) is 13.7. The third-order valence-electron chi connectivity index (χ3n) is 3.70. The van der Waals surface area contributed by atoms with E-state index in [2.05, 4.69) is 17.3 Å². The Labute approximate surface area is 113 Å². The fourth-order valence-electron chi connectivity index (χ4n) is 2.66. The van der Waals surface area contributed by atoms with Crippen LogP contribution in [-0.2, 0) is 5.92 Å². The summed E-state index contributed by atoms with van der Waals surface area (Å²) >= 11 is 0. The lowest BCUT2D eigenvalue weighted by molar-refractivity contribution is -0.00445. The van der Waals surface area contributed by atoms with Crippen molar-refractivity contribution in [2.45, 2.75) is 18.8 Å². The topological polar surface area (TPSA) is 15.3 Å². The Morgan fingerprint density at radius 3 is 2.74 bits per heavy atom. The summed E-state index contributed by atoms with van der Waals surface area (Å²) in [6.45, 7) is 2.52. The molecule has 0 aliphatic carbocycles. The molecule has 1 atom stereocenters. The van der Waals surface area contributed by atoms with Crippen molar-refractivity contribution in [3.05, 3.63) is 35.9 Å². The molecule has 1 aromatic rings. The molecule has 19 heavy (non-hydrogen) atoms. The first-order chi connectivity index (χ1) is 9.08. The van der Waals surface area contributed by atoms with E-state index in [4.69, 9.17) is 0 Å². The highest BCUT2D eigenvalue weighted by Crippen LogP contribution is 2.26. The highest BCUT2D eigenvalue weighted by Gasteiger charge is 2.31. The number of benzene rings is 1. The minimum Gasteiger partial charge on any atom is -0.311 e. The highest BCUT2D eigenvalue weighted by molar-refractivity contribution is 5.20. The average Bonchev–Trinajstić information content (AvgIpc) is 2.40. The monoisotopic (exact) mass is 268 g/mol. The number of rotatable bonds is 5. The van der Waals surface area contributed by atoms with Gasteiger partial charge in [0.1, 0.15) is 0 Å². The number of hydrogen-bond acceptors (Lipinski definition) is 2. The Balaban J connectivity index is 1.78. The van der Waals surface area contributed by atoms with Crippen LogP contribution in [0.3, 0.4) is 0 Å². The second-order valence-corrected chi connectivity index (χ2v) is 5.47. The van der Waals surface area contributed by atoms with Crippen LogP contribution in [0.2, 0.25) is 0 Å². The minimum atomic E-state index is -2.79. The van der Waals surface area contributed by atoms with E-state index in [1.807, 2.05) is 0 Å². The normalized spacial score (nSPS) is 21.5. The quantitative estimate of drug-likeness (QED) is 0.883. The number of alkyl halides is 2. The molecule has 1 fully saturated rings. The molecule has 1 heterocycles. The van der Waals surface area contributed by atoms with Crippen molar-refractivity contribution in [3.8, 4) is 0 Å². The van der Waals surface area contributed by atoms with Crippen LogP contribution in [0.5, 0.6) is 0 Å². The summed E-state index contributed by atoms with van der Waals surface area (Å²) < 4.78 is 27.8. The molecule has 0 spiro atoms. The zero-order valence-electron chi connectivity index (χ0n) is 11.4. The van der Waals surface area contributed by atoms with E-state index in [0.29, 0.717) is 12.5 Å². The maximum Gasteiger partial charge on any atom is 0.285 e. The van der Waals surface area contributed by atoms with Gasteiger partial charge in [-0.05, 0) is 38.9 Å². The molecular formula is C15H22F2N2. The molecule has 4 heteroatoms. The van der Waals surface area contributed by atoms with Gasteiger partial charge in [-0.15, -0.1) is 0 Å². The lowest BCUT2D eigenvalue weighted by atomic mass is 9.98. The standard InChI is InChI=1S/C15H22F2N2/c1-19-9-5-6-13(11-19)10-18-12-15(16,17)14-7-3-2-4-8-14/h2-4,7-8,13,18H,5-6,9-12H2,1H3. The van der Waals surface area contributed by atoms with Gasteiger partial charge in [-0.1, -0.05) is 30.3 Å². The van der Waals surface area contributed by atoms with Gasteiger partial charge in [0.2, 0.25) is 0 Å². The highest BCUT2D eigenvalue weighted by atomic mass is 19.3. The molecule has 2 nitrogen and oxygen atoms in total. The van der Waals surface area contributed by atoms with E-state index < -0.39 is 5.92 Å². The maximum absolute atomic E-state index is 13.9. The molecule has 1 saturated heterocycles. The first-order valence-electron chi connectivity index (χ1n) is 6.90. The molecule has 106 valence electrons. The summed E-state index contributed by atoms with van der Waals surface area (Å²) in [7, 11) is 2.09. The van der Waals surface area contributed by atoms with Crippen LogP contribution in [0.25, 0.3) is 0 Å². The van der Waals surface area contributed by atoms with E-state index in [9.17, 15) is 8.78 Å². The van der Waals surface area contributed by atoms with Crippen molar-refractivity contribution >= 4 is 0 Å². The molecule has 0 aromatic heterocycles. The summed E-state index contributed by atoms with van der Waals surface area (Å²) in [5, 5.41) is 2.94. The number of likely N-dealkylation sites (tertiary alicyclic amines) is 1. The van der Waals surface area contributed by atoms with Gasteiger partial charge >= 0.3 is 0 Å². The Morgan fingerprint density at radius 2 is 2.05 bits per heavy atom. The van der Waals surface area contributed by atoms with Crippen LogP contribution < -0.4 is 5.32 Å². The van der Waals surface area contributed by atoms with Gasteiger partial charge in [0.05, 0.1) is 6.54 Å². The molecule has 0 radical (unpaired) electrons. The molecule has 1 aliphatic heterocycles. The largest absolute Gasteiger partial charge is 0.311 e. The SMILES string of the molecule is CN1CCCC(CNCC(F)(F)c2ccccc2)C1. The van der Waals surface area contributed by atoms with Crippen molar-refractivity contribution in [1.82, 2.24) is 10.2 Å². The average molecular weight is 268 g/mol. The van der Waals surface area contributed by atoms with Crippen molar-refractivity contribution in [2.24, 2.45) is 5.92 Å². The van der Waals surface area contributed by atoms with Gasteiger partial charge in [0.25, 0.3) is 5.92 Å². The molecular weight excluding hydrogens is 246 g/mol. The molecule has 0 bridgehead atoms. The fourth-order valence-corrected chi connectivity index (χ4v) is 2.66. The van der Waals surface area contributed by atoms with Gasteiger partial charge in [0.15, 0.2) is 0 Å². The number of hydrogen-bond donors (Lipinski definition) is 1. The molecule has 0 amide bonds. The lowest BCUT2D eigenvalue weighted by Gasteiger charge is -2.30. The van der Waals surface area contributed by atoms with Crippen LogP contribution in [0, 0.1) is 5.92 Å². The van der Waals surface area contributed by atoms with E-state index in [-0.39, 0.29) is 12.1 Å². The number of piperidine rings is 1. The smallest absolute Gasteiger partial charge is 0.285 e. The van der Waals surface area contributed by atoms with E-state index in [0.717, 1.165) is 25.9 Å². The van der Waals surface area contributed by atoms with Crippen LogP contribution in [-0.4, -0.2) is 38.1 Å². The second-order valence-electron chi connectivity index (χ2n) is 5.47. The Kier molecular flexibility index (Phi) is 4.88. The van der Waals surface area contributed by atoms with Crippen molar-refractivity contribution < 1.29 is 8.78 Å². The summed E-state index contributed by atoms with van der Waals surface area (Å²) in [4.78, 5) is 2.27. The lowest BCUT2D eigenvalue weighted by Crippen LogP contribution is -2.40. The molecule has 1 aromatic carbocycles. The maximum atomic E-state index is 13.9. The van der Waals surface area contributed by atoms with Crippen molar-refractivity contribution in [3.63, 3.8) is 0 Å². The fraction of sp³-hybridized carbons (Fsp3) is 0.600. The van der Waals surface area contributed by atoms with Gasteiger partial charge in [0, 0.05) is 12.1 Å². The van der Waals surface area contributed by atoms with Crippen LogP contribution >= 0.6 is 0 Å². The van der Waals surface area contributed by atoms with Crippen molar-refractivity contribution in [1.29, 1.82) is 0 Å². The Hall–Kier alpha value is -1.00. The first-order valence-corrected chi connectivity index (χ1v) is 6.90. The van der Waals surface area contributed by atoms with Crippen LogP contribution in [0.1, 0.15) is 18.4 Å². The predicted octanol–water partition coefficient (Wildman–Crippen LogP) is 2.71.